The van der Waals surface area contributed by atoms with Crippen LogP contribution in [0.5, 0.6) is 5.75 Å². The highest BCUT2D eigenvalue weighted by atomic mass is 16.5. The van der Waals surface area contributed by atoms with E-state index in [2.05, 4.69) is 6.92 Å². The first-order valence-electron chi connectivity index (χ1n) is 9.37. The standard InChI is InChI=1S/C21H32O3/c1-2-3-4-5-6-7-8-9-10-11-12-21(23)24-18-17-19-13-15-20(22)16-14-19/h13-18,22H,2-12H2,1H3. The quantitative estimate of drug-likeness (QED) is 0.265. The molecule has 3 nitrogen and oxygen atoms in total. The molecule has 0 heterocycles. The van der Waals surface area contributed by atoms with E-state index in [-0.39, 0.29) is 11.7 Å². The molecule has 0 saturated heterocycles. The fraction of sp³-hybridized carbons (Fsp3) is 0.571. The Bertz CT molecular complexity index is 462. The van der Waals surface area contributed by atoms with Crippen LogP contribution in [0.2, 0.25) is 0 Å². The number of carbonyl (C=O) groups excluding carboxylic acids is 1. The molecule has 0 bridgehead atoms. The van der Waals surface area contributed by atoms with Crippen LogP contribution in [-0.4, -0.2) is 11.1 Å². The SMILES string of the molecule is CCCCCCCCCCCCC(=O)OC=Cc1ccc(O)cc1. The first-order chi connectivity index (χ1) is 11.7. The molecule has 24 heavy (non-hydrogen) atoms. The van der Waals surface area contributed by atoms with Crippen molar-refractivity contribution in [3.05, 3.63) is 36.1 Å². The molecule has 3 heteroatoms. The van der Waals surface area contributed by atoms with Gasteiger partial charge in [-0.3, -0.25) is 4.79 Å². The summed E-state index contributed by atoms with van der Waals surface area (Å²) in [6.45, 7) is 2.24. The van der Waals surface area contributed by atoms with Crippen LogP contribution in [-0.2, 0) is 9.53 Å². The number of aromatic hydroxyl groups is 1. The zero-order chi connectivity index (χ0) is 17.5. The molecule has 0 aliphatic rings. The topological polar surface area (TPSA) is 46.5 Å². The van der Waals surface area contributed by atoms with Gasteiger partial charge in [0.2, 0.25) is 0 Å². The van der Waals surface area contributed by atoms with Gasteiger partial charge in [-0.05, 0) is 30.2 Å². The van der Waals surface area contributed by atoms with E-state index >= 15 is 0 Å². The second-order valence-electron chi connectivity index (χ2n) is 6.32. The van der Waals surface area contributed by atoms with E-state index in [1.54, 1.807) is 30.3 Å². The van der Waals surface area contributed by atoms with Crippen LogP contribution in [0, 0.1) is 0 Å². The van der Waals surface area contributed by atoms with Crippen molar-refractivity contribution in [2.45, 2.75) is 77.6 Å². The van der Waals surface area contributed by atoms with E-state index < -0.39 is 0 Å². The second kappa shape index (κ2) is 13.6. The van der Waals surface area contributed by atoms with Gasteiger partial charge >= 0.3 is 5.97 Å². The van der Waals surface area contributed by atoms with Crippen LogP contribution < -0.4 is 0 Å². The van der Waals surface area contributed by atoms with Gasteiger partial charge in [0.1, 0.15) is 5.75 Å². The lowest BCUT2D eigenvalue weighted by Gasteiger charge is -2.02. The van der Waals surface area contributed by atoms with Crippen molar-refractivity contribution >= 4 is 12.0 Å². The second-order valence-corrected chi connectivity index (χ2v) is 6.32. The zero-order valence-corrected chi connectivity index (χ0v) is 15.0. The van der Waals surface area contributed by atoms with Gasteiger partial charge in [0.25, 0.3) is 0 Å². The molecular weight excluding hydrogens is 300 g/mol. The molecule has 0 saturated carbocycles. The number of unbranched alkanes of at least 4 members (excludes halogenated alkanes) is 9. The van der Waals surface area contributed by atoms with Crippen LogP contribution in [0.15, 0.2) is 30.5 Å². The highest BCUT2D eigenvalue weighted by molar-refractivity contribution is 5.70. The number of hydrogen-bond acceptors (Lipinski definition) is 3. The summed E-state index contributed by atoms with van der Waals surface area (Å²) in [5.74, 6) is 0.0506. The van der Waals surface area contributed by atoms with Gasteiger partial charge in [-0.1, -0.05) is 76.8 Å². The van der Waals surface area contributed by atoms with E-state index in [0.29, 0.717) is 6.42 Å². The van der Waals surface area contributed by atoms with Crippen molar-refractivity contribution in [1.82, 2.24) is 0 Å². The molecule has 134 valence electrons. The van der Waals surface area contributed by atoms with E-state index in [1.807, 2.05) is 0 Å². The van der Waals surface area contributed by atoms with Crippen molar-refractivity contribution in [2.75, 3.05) is 0 Å². The van der Waals surface area contributed by atoms with E-state index in [0.717, 1.165) is 18.4 Å². The fourth-order valence-electron chi connectivity index (χ4n) is 2.59. The van der Waals surface area contributed by atoms with Crippen LogP contribution in [0.3, 0.4) is 0 Å². The van der Waals surface area contributed by atoms with Crippen molar-refractivity contribution in [1.29, 1.82) is 0 Å². The Labute approximate surface area is 146 Å². The first-order valence-corrected chi connectivity index (χ1v) is 9.37. The van der Waals surface area contributed by atoms with Crippen LogP contribution in [0.25, 0.3) is 6.08 Å². The Hall–Kier alpha value is -1.77. The summed E-state index contributed by atoms with van der Waals surface area (Å²) in [5.41, 5.74) is 0.888. The summed E-state index contributed by atoms with van der Waals surface area (Å²) in [7, 11) is 0. The van der Waals surface area contributed by atoms with Gasteiger partial charge in [-0.2, -0.15) is 0 Å². The molecule has 0 aliphatic heterocycles. The third kappa shape index (κ3) is 10.9. The maximum Gasteiger partial charge on any atom is 0.310 e. The molecule has 0 unspecified atom stereocenters. The number of carbonyl (C=O) groups is 1. The monoisotopic (exact) mass is 332 g/mol. The largest absolute Gasteiger partial charge is 0.508 e. The number of ether oxygens (including phenoxy) is 1. The van der Waals surface area contributed by atoms with Crippen LogP contribution in [0.1, 0.15) is 83.1 Å². The molecule has 0 aromatic heterocycles. The highest BCUT2D eigenvalue weighted by Crippen LogP contribution is 2.12. The van der Waals surface area contributed by atoms with Gasteiger partial charge < -0.3 is 9.84 Å². The minimum atomic E-state index is -0.176. The molecule has 0 spiro atoms. The highest BCUT2D eigenvalue weighted by Gasteiger charge is 2.00. The van der Waals surface area contributed by atoms with Gasteiger partial charge in [0.15, 0.2) is 0 Å². The van der Waals surface area contributed by atoms with Gasteiger partial charge in [0, 0.05) is 6.42 Å². The Kier molecular flexibility index (Phi) is 11.5. The number of esters is 1. The smallest absolute Gasteiger partial charge is 0.310 e. The Morgan fingerprint density at radius 1 is 0.917 bits per heavy atom. The molecule has 0 radical (unpaired) electrons. The fourth-order valence-corrected chi connectivity index (χ4v) is 2.59. The Balaban J connectivity index is 1.95. The summed E-state index contributed by atoms with van der Waals surface area (Å²) < 4.78 is 5.08. The number of phenols is 1. The molecule has 0 fully saturated rings. The maximum absolute atomic E-state index is 11.6. The summed E-state index contributed by atoms with van der Waals surface area (Å²) >= 11 is 0. The first kappa shape index (κ1) is 20.3. The number of phenolic OH excluding ortho intramolecular Hbond substituents is 1. The van der Waals surface area contributed by atoms with Crippen molar-refractivity contribution in [2.24, 2.45) is 0 Å². The summed E-state index contributed by atoms with van der Waals surface area (Å²) in [4.78, 5) is 11.6. The van der Waals surface area contributed by atoms with Gasteiger partial charge in [-0.15, -0.1) is 0 Å². The Morgan fingerprint density at radius 2 is 1.46 bits per heavy atom. The lowest BCUT2D eigenvalue weighted by Crippen LogP contribution is -1.98. The number of benzene rings is 1. The molecule has 1 aromatic rings. The maximum atomic E-state index is 11.6. The van der Waals surface area contributed by atoms with Gasteiger partial charge in [-0.25, -0.2) is 0 Å². The molecule has 1 aromatic carbocycles. The lowest BCUT2D eigenvalue weighted by atomic mass is 10.1. The molecular formula is C21H32O3. The average molecular weight is 332 g/mol. The van der Waals surface area contributed by atoms with Crippen molar-refractivity contribution < 1.29 is 14.6 Å². The molecule has 0 aliphatic carbocycles. The molecule has 1 N–H and O–H groups in total. The minimum absolute atomic E-state index is 0.176. The van der Waals surface area contributed by atoms with Crippen molar-refractivity contribution in [3.8, 4) is 5.75 Å². The molecule has 0 amide bonds. The summed E-state index contributed by atoms with van der Waals surface area (Å²) in [5, 5.41) is 9.18. The molecule has 1 rings (SSSR count). The van der Waals surface area contributed by atoms with E-state index in [4.69, 9.17) is 4.74 Å². The zero-order valence-electron chi connectivity index (χ0n) is 15.0. The predicted octanol–water partition coefficient (Wildman–Crippen LogP) is 6.22. The average Bonchev–Trinajstić information content (AvgIpc) is 2.58. The third-order valence-electron chi connectivity index (χ3n) is 4.09. The normalized spacial score (nSPS) is 11.0. The third-order valence-corrected chi connectivity index (χ3v) is 4.09. The minimum Gasteiger partial charge on any atom is -0.508 e. The van der Waals surface area contributed by atoms with Crippen LogP contribution >= 0.6 is 0 Å². The van der Waals surface area contributed by atoms with E-state index in [1.165, 1.54) is 57.6 Å². The summed E-state index contributed by atoms with van der Waals surface area (Å²) in [6, 6.07) is 6.74. The van der Waals surface area contributed by atoms with Crippen molar-refractivity contribution in [3.63, 3.8) is 0 Å². The Morgan fingerprint density at radius 3 is 2.04 bits per heavy atom. The predicted molar refractivity (Wildman–Crippen MR) is 99.7 cm³/mol. The van der Waals surface area contributed by atoms with Crippen LogP contribution in [0.4, 0.5) is 0 Å². The van der Waals surface area contributed by atoms with Gasteiger partial charge in [0.05, 0.1) is 6.26 Å². The molecule has 0 atom stereocenters. The number of rotatable bonds is 13. The summed E-state index contributed by atoms with van der Waals surface area (Å²) in [6.07, 6.45) is 16.2. The van der Waals surface area contributed by atoms with E-state index in [9.17, 15) is 9.90 Å². The lowest BCUT2D eigenvalue weighted by molar-refractivity contribution is -0.138. The number of hydrogen-bond donors (Lipinski definition) is 1.